The fourth-order valence-electron chi connectivity index (χ4n) is 2.03. The molecule has 0 radical (unpaired) electrons. The van der Waals surface area contributed by atoms with Gasteiger partial charge in [-0.1, -0.05) is 37.6 Å². The Bertz CT molecular complexity index is 436. The lowest BCUT2D eigenvalue weighted by Crippen LogP contribution is -1.95. The third kappa shape index (κ3) is 5.16. The number of rotatable bonds is 8. The number of carboxylic acids is 1. The molecule has 0 saturated carbocycles. The van der Waals surface area contributed by atoms with Gasteiger partial charge in [0.25, 0.3) is 0 Å². The highest BCUT2D eigenvalue weighted by Gasteiger charge is 2.05. The molecule has 0 fully saturated rings. The molecule has 0 heterocycles. The van der Waals surface area contributed by atoms with E-state index >= 15 is 0 Å². The number of benzene rings is 1. The lowest BCUT2D eigenvalue weighted by atomic mass is 10.0. The van der Waals surface area contributed by atoms with Gasteiger partial charge in [0.2, 0.25) is 0 Å². The topological polar surface area (TPSA) is 46.5 Å². The van der Waals surface area contributed by atoms with Crippen molar-refractivity contribution < 1.29 is 14.6 Å². The second-order valence-corrected chi connectivity index (χ2v) is 4.47. The summed E-state index contributed by atoms with van der Waals surface area (Å²) in [7, 11) is 1.69. The minimum absolute atomic E-state index is 0.226. The SMILES string of the molecule is CCCc1c(/C=C\CCCC(=O)O)cccc1OC. The van der Waals surface area contributed by atoms with Gasteiger partial charge in [-0.25, -0.2) is 0 Å². The molecule has 1 rings (SSSR count). The third-order valence-corrected chi connectivity index (χ3v) is 2.95. The predicted molar refractivity (Wildman–Crippen MR) is 77.5 cm³/mol. The number of ether oxygens (including phenoxy) is 1. The molecule has 0 saturated heterocycles. The van der Waals surface area contributed by atoms with Crippen molar-refractivity contribution in [2.45, 2.75) is 39.0 Å². The van der Waals surface area contributed by atoms with Crippen LogP contribution in [0, 0.1) is 0 Å². The Morgan fingerprint density at radius 3 is 2.84 bits per heavy atom. The molecule has 3 nitrogen and oxygen atoms in total. The first-order valence-corrected chi connectivity index (χ1v) is 6.73. The van der Waals surface area contributed by atoms with Crippen LogP contribution >= 0.6 is 0 Å². The van der Waals surface area contributed by atoms with Crippen molar-refractivity contribution >= 4 is 12.0 Å². The molecule has 0 atom stereocenters. The second kappa shape index (κ2) is 8.35. The van der Waals surface area contributed by atoms with Crippen LogP contribution in [0.2, 0.25) is 0 Å². The Kier molecular flexibility index (Phi) is 6.72. The van der Waals surface area contributed by atoms with Gasteiger partial charge in [-0.2, -0.15) is 0 Å². The molecule has 3 heteroatoms. The van der Waals surface area contributed by atoms with Crippen LogP contribution in [0.5, 0.6) is 5.75 Å². The zero-order valence-corrected chi connectivity index (χ0v) is 11.7. The number of carbonyl (C=O) groups is 1. The Morgan fingerprint density at radius 1 is 1.42 bits per heavy atom. The van der Waals surface area contributed by atoms with Crippen molar-refractivity contribution in [3.8, 4) is 5.75 Å². The average Bonchev–Trinajstić information content (AvgIpc) is 2.39. The number of methoxy groups -OCH3 is 1. The fraction of sp³-hybridized carbons (Fsp3) is 0.438. The molecule has 0 spiro atoms. The number of aliphatic carboxylic acids is 1. The number of hydrogen-bond acceptors (Lipinski definition) is 2. The Hall–Kier alpha value is -1.77. The summed E-state index contributed by atoms with van der Waals surface area (Å²) in [6.07, 6.45) is 7.85. The van der Waals surface area contributed by atoms with Gasteiger partial charge in [0.05, 0.1) is 7.11 Å². The molecule has 0 aliphatic carbocycles. The highest BCUT2D eigenvalue weighted by Crippen LogP contribution is 2.25. The van der Waals surface area contributed by atoms with E-state index in [1.54, 1.807) is 7.11 Å². The van der Waals surface area contributed by atoms with Crippen LogP contribution in [0.1, 0.15) is 43.7 Å². The Balaban J connectivity index is 2.70. The van der Waals surface area contributed by atoms with E-state index in [-0.39, 0.29) is 6.42 Å². The van der Waals surface area contributed by atoms with Gasteiger partial charge in [0, 0.05) is 12.0 Å². The van der Waals surface area contributed by atoms with E-state index in [2.05, 4.69) is 19.1 Å². The Labute approximate surface area is 114 Å². The largest absolute Gasteiger partial charge is 0.496 e. The van der Waals surface area contributed by atoms with Gasteiger partial charge in [-0.3, -0.25) is 4.79 Å². The summed E-state index contributed by atoms with van der Waals surface area (Å²) in [5.74, 6) is 0.191. The van der Waals surface area contributed by atoms with Crippen LogP contribution in [-0.4, -0.2) is 18.2 Å². The normalized spacial score (nSPS) is 10.8. The Morgan fingerprint density at radius 2 is 2.21 bits per heavy atom. The molecule has 1 aromatic carbocycles. The first kappa shape index (κ1) is 15.3. The molecular weight excluding hydrogens is 240 g/mol. The van der Waals surface area contributed by atoms with Crippen molar-refractivity contribution in [2.75, 3.05) is 7.11 Å². The first-order valence-electron chi connectivity index (χ1n) is 6.73. The average molecular weight is 262 g/mol. The van der Waals surface area contributed by atoms with Crippen LogP contribution in [0.3, 0.4) is 0 Å². The van der Waals surface area contributed by atoms with E-state index in [4.69, 9.17) is 9.84 Å². The highest BCUT2D eigenvalue weighted by atomic mass is 16.5. The summed E-state index contributed by atoms with van der Waals surface area (Å²) >= 11 is 0. The van der Waals surface area contributed by atoms with Crippen molar-refractivity contribution in [1.29, 1.82) is 0 Å². The lowest BCUT2D eigenvalue weighted by Gasteiger charge is -2.10. The molecule has 104 valence electrons. The van der Waals surface area contributed by atoms with E-state index in [0.29, 0.717) is 6.42 Å². The van der Waals surface area contributed by atoms with Crippen molar-refractivity contribution in [2.24, 2.45) is 0 Å². The van der Waals surface area contributed by atoms with Gasteiger partial charge in [-0.15, -0.1) is 0 Å². The minimum Gasteiger partial charge on any atom is -0.496 e. The van der Waals surface area contributed by atoms with Crippen LogP contribution in [0.4, 0.5) is 0 Å². The van der Waals surface area contributed by atoms with Crippen molar-refractivity contribution in [3.63, 3.8) is 0 Å². The molecule has 1 aromatic rings. The first-order chi connectivity index (χ1) is 9.19. The molecule has 19 heavy (non-hydrogen) atoms. The maximum Gasteiger partial charge on any atom is 0.303 e. The molecule has 0 bridgehead atoms. The van der Waals surface area contributed by atoms with Gasteiger partial charge < -0.3 is 9.84 Å². The zero-order valence-electron chi connectivity index (χ0n) is 11.7. The molecule has 0 aliphatic rings. The minimum atomic E-state index is -0.735. The van der Waals surface area contributed by atoms with E-state index in [1.165, 1.54) is 5.56 Å². The molecule has 0 aliphatic heterocycles. The summed E-state index contributed by atoms with van der Waals surface area (Å²) in [4.78, 5) is 10.4. The van der Waals surface area contributed by atoms with Crippen LogP contribution in [0.25, 0.3) is 6.08 Å². The lowest BCUT2D eigenvalue weighted by molar-refractivity contribution is -0.137. The van der Waals surface area contributed by atoms with E-state index in [0.717, 1.165) is 30.6 Å². The summed E-state index contributed by atoms with van der Waals surface area (Å²) < 4.78 is 5.39. The van der Waals surface area contributed by atoms with E-state index < -0.39 is 5.97 Å². The summed E-state index contributed by atoms with van der Waals surface area (Å²) in [6, 6.07) is 6.03. The standard InChI is InChI=1S/C16H22O3/c1-3-8-14-13(10-7-11-15(14)19-2)9-5-4-6-12-16(17)18/h5,7,9-11H,3-4,6,8,12H2,1-2H3,(H,17,18)/b9-5-. The monoisotopic (exact) mass is 262 g/mol. The zero-order chi connectivity index (χ0) is 14.1. The van der Waals surface area contributed by atoms with Gasteiger partial charge in [-0.05, 0) is 30.9 Å². The van der Waals surface area contributed by atoms with Gasteiger partial charge >= 0.3 is 5.97 Å². The molecule has 0 unspecified atom stereocenters. The van der Waals surface area contributed by atoms with Crippen LogP contribution < -0.4 is 4.74 Å². The number of allylic oxidation sites excluding steroid dienone is 1. The maximum absolute atomic E-state index is 10.4. The molecule has 0 amide bonds. The third-order valence-electron chi connectivity index (χ3n) is 2.95. The predicted octanol–water partition coefficient (Wildman–Crippen LogP) is 3.92. The van der Waals surface area contributed by atoms with Crippen molar-refractivity contribution in [1.82, 2.24) is 0 Å². The van der Waals surface area contributed by atoms with Crippen LogP contribution in [-0.2, 0) is 11.2 Å². The quantitative estimate of drug-likeness (QED) is 0.722. The maximum atomic E-state index is 10.4. The van der Waals surface area contributed by atoms with Crippen molar-refractivity contribution in [3.05, 3.63) is 35.4 Å². The summed E-state index contributed by atoms with van der Waals surface area (Å²) in [5, 5.41) is 8.57. The number of hydrogen-bond donors (Lipinski definition) is 1. The number of unbranched alkanes of at least 4 members (excludes halogenated alkanes) is 1. The smallest absolute Gasteiger partial charge is 0.303 e. The summed E-state index contributed by atoms with van der Waals surface area (Å²) in [5.41, 5.74) is 2.39. The number of carboxylic acid groups (broad SMARTS) is 1. The highest BCUT2D eigenvalue weighted by molar-refractivity contribution is 5.66. The van der Waals surface area contributed by atoms with E-state index in [9.17, 15) is 4.79 Å². The van der Waals surface area contributed by atoms with Crippen LogP contribution in [0.15, 0.2) is 24.3 Å². The van der Waals surface area contributed by atoms with Gasteiger partial charge in [0.15, 0.2) is 0 Å². The molecule has 1 N–H and O–H groups in total. The van der Waals surface area contributed by atoms with Gasteiger partial charge in [0.1, 0.15) is 5.75 Å². The fourth-order valence-corrected chi connectivity index (χ4v) is 2.03. The second-order valence-electron chi connectivity index (χ2n) is 4.47. The molecular formula is C16H22O3. The summed E-state index contributed by atoms with van der Waals surface area (Å²) in [6.45, 7) is 2.15. The molecule has 0 aromatic heterocycles. The van der Waals surface area contributed by atoms with E-state index in [1.807, 2.05) is 18.2 Å².